The second kappa shape index (κ2) is 4.49. The number of benzene rings is 1. The molecule has 0 atom stereocenters. The molecule has 2 aromatic rings. The zero-order valence-corrected chi connectivity index (χ0v) is 10.1. The number of rotatable bonds is 3. The minimum Gasteiger partial charge on any atom is -0.465 e. The van der Waals surface area contributed by atoms with Gasteiger partial charge in [0.15, 0.2) is 11.5 Å². The van der Waals surface area contributed by atoms with Gasteiger partial charge in [0.2, 0.25) is 0 Å². The fraction of sp³-hybridized carbons (Fsp3) is 0.143. The molecule has 4 heteroatoms. The van der Waals surface area contributed by atoms with Crippen LogP contribution in [-0.2, 0) is 9.53 Å². The monoisotopic (exact) mass is 244 g/mol. The summed E-state index contributed by atoms with van der Waals surface area (Å²) in [5.41, 5.74) is 1.39. The van der Waals surface area contributed by atoms with Crippen LogP contribution < -0.4 is 0 Å². The molecule has 0 spiro atoms. The molecule has 2 rings (SSSR count). The Hall–Kier alpha value is -2.36. The Kier molecular flexibility index (Phi) is 3.02. The van der Waals surface area contributed by atoms with E-state index >= 15 is 0 Å². The summed E-state index contributed by atoms with van der Waals surface area (Å²) in [5, 5.41) is 0.679. The third-order valence-corrected chi connectivity index (χ3v) is 2.67. The summed E-state index contributed by atoms with van der Waals surface area (Å²) in [6.07, 6.45) is 0. The topological polar surface area (TPSA) is 56.5 Å². The first-order valence-electron chi connectivity index (χ1n) is 5.35. The van der Waals surface area contributed by atoms with E-state index in [9.17, 15) is 9.59 Å². The molecule has 0 N–H and O–H groups in total. The molecule has 0 bridgehead atoms. The molecule has 0 unspecified atom stereocenters. The Balaban J connectivity index is 2.61. The maximum Gasteiger partial charge on any atom is 0.337 e. The highest BCUT2D eigenvalue weighted by molar-refractivity contribution is 6.19. The van der Waals surface area contributed by atoms with Crippen LogP contribution in [0.25, 0.3) is 16.5 Å². The molecule has 0 amide bonds. The lowest BCUT2D eigenvalue weighted by Gasteiger charge is -2.04. The van der Waals surface area contributed by atoms with E-state index in [2.05, 4.69) is 11.3 Å². The molecule has 1 aromatic carbocycles. The van der Waals surface area contributed by atoms with Crippen LogP contribution >= 0.6 is 0 Å². The summed E-state index contributed by atoms with van der Waals surface area (Å²) >= 11 is 0. The standard InChI is InChI=1S/C14H12O4/c1-8(14(16)17-3)10-5-4-6-12-11(10)7-13(18-12)9(2)15/h4-7H,1H2,2-3H3. The molecule has 18 heavy (non-hydrogen) atoms. The van der Waals surface area contributed by atoms with Crippen molar-refractivity contribution >= 4 is 28.3 Å². The van der Waals surface area contributed by atoms with Crippen molar-refractivity contribution in [3.05, 3.63) is 42.2 Å². The van der Waals surface area contributed by atoms with Crippen molar-refractivity contribution in [1.82, 2.24) is 0 Å². The summed E-state index contributed by atoms with van der Waals surface area (Å²) in [4.78, 5) is 22.8. The fourth-order valence-electron chi connectivity index (χ4n) is 1.73. The maximum absolute atomic E-state index is 11.5. The van der Waals surface area contributed by atoms with Crippen LogP contribution in [0, 0.1) is 0 Å². The average Bonchev–Trinajstić information content (AvgIpc) is 2.80. The van der Waals surface area contributed by atoms with Gasteiger partial charge in [0.25, 0.3) is 0 Å². The predicted molar refractivity (Wildman–Crippen MR) is 67.3 cm³/mol. The number of ether oxygens (including phenoxy) is 1. The number of furan rings is 1. The van der Waals surface area contributed by atoms with Gasteiger partial charge in [-0.1, -0.05) is 18.7 Å². The maximum atomic E-state index is 11.5. The largest absolute Gasteiger partial charge is 0.465 e. The number of carbonyl (C=O) groups is 2. The Labute approximate surface area is 104 Å². The molecule has 4 nitrogen and oxygen atoms in total. The molecule has 0 saturated carbocycles. The minimum absolute atomic E-state index is 0.166. The van der Waals surface area contributed by atoms with Gasteiger partial charge in [-0.15, -0.1) is 0 Å². The normalized spacial score (nSPS) is 10.3. The molecule has 1 aromatic heterocycles. The van der Waals surface area contributed by atoms with Crippen molar-refractivity contribution in [1.29, 1.82) is 0 Å². The minimum atomic E-state index is -0.506. The quantitative estimate of drug-likeness (QED) is 0.473. The number of fused-ring (bicyclic) bond motifs is 1. The SMILES string of the molecule is C=C(C(=O)OC)c1cccc2oc(C(C)=O)cc12. The van der Waals surface area contributed by atoms with E-state index in [0.717, 1.165) is 0 Å². The van der Waals surface area contributed by atoms with Gasteiger partial charge in [0.05, 0.1) is 12.7 Å². The van der Waals surface area contributed by atoms with Crippen LogP contribution in [0.5, 0.6) is 0 Å². The highest BCUT2D eigenvalue weighted by Gasteiger charge is 2.16. The third kappa shape index (κ3) is 1.93. The van der Waals surface area contributed by atoms with Crippen LogP contribution in [-0.4, -0.2) is 18.9 Å². The van der Waals surface area contributed by atoms with E-state index in [1.54, 1.807) is 24.3 Å². The zero-order chi connectivity index (χ0) is 13.3. The Bertz CT molecular complexity index is 649. The van der Waals surface area contributed by atoms with Crippen molar-refractivity contribution in [3.63, 3.8) is 0 Å². The predicted octanol–water partition coefficient (Wildman–Crippen LogP) is 2.82. The van der Waals surface area contributed by atoms with Crippen LogP contribution in [0.4, 0.5) is 0 Å². The van der Waals surface area contributed by atoms with Gasteiger partial charge in [-0.3, -0.25) is 4.79 Å². The third-order valence-electron chi connectivity index (χ3n) is 2.67. The van der Waals surface area contributed by atoms with Gasteiger partial charge < -0.3 is 9.15 Å². The van der Waals surface area contributed by atoms with E-state index in [-0.39, 0.29) is 17.1 Å². The lowest BCUT2D eigenvalue weighted by atomic mass is 10.0. The van der Waals surface area contributed by atoms with Gasteiger partial charge in [-0.2, -0.15) is 0 Å². The van der Waals surface area contributed by atoms with E-state index in [1.807, 2.05) is 0 Å². The Morgan fingerprint density at radius 1 is 1.33 bits per heavy atom. The summed E-state index contributed by atoms with van der Waals surface area (Å²) < 4.78 is 10.0. The average molecular weight is 244 g/mol. The van der Waals surface area contributed by atoms with Crippen LogP contribution in [0.3, 0.4) is 0 Å². The number of ketones is 1. The molecule has 0 saturated heterocycles. The van der Waals surface area contributed by atoms with Crippen LogP contribution in [0.1, 0.15) is 23.0 Å². The number of hydrogen-bond donors (Lipinski definition) is 0. The first-order chi connectivity index (χ1) is 8.54. The summed E-state index contributed by atoms with van der Waals surface area (Å²) in [6, 6.07) is 6.82. The van der Waals surface area contributed by atoms with Crippen molar-refractivity contribution in [2.75, 3.05) is 7.11 Å². The fourth-order valence-corrected chi connectivity index (χ4v) is 1.73. The molecule has 0 aliphatic carbocycles. The first kappa shape index (κ1) is 12.1. The molecular weight excluding hydrogens is 232 g/mol. The second-order valence-corrected chi connectivity index (χ2v) is 3.85. The highest BCUT2D eigenvalue weighted by Crippen LogP contribution is 2.28. The van der Waals surface area contributed by atoms with E-state index < -0.39 is 5.97 Å². The van der Waals surface area contributed by atoms with Crippen molar-refractivity contribution in [2.24, 2.45) is 0 Å². The lowest BCUT2D eigenvalue weighted by molar-refractivity contribution is -0.133. The number of Topliss-reactive ketones (excluding diaryl/α,β-unsaturated/α-hetero) is 1. The molecule has 0 aliphatic heterocycles. The molecule has 1 heterocycles. The summed E-state index contributed by atoms with van der Waals surface area (Å²) in [6.45, 7) is 5.12. The van der Waals surface area contributed by atoms with E-state index in [0.29, 0.717) is 16.5 Å². The second-order valence-electron chi connectivity index (χ2n) is 3.85. The highest BCUT2D eigenvalue weighted by atomic mass is 16.5. The Morgan fingerprint density at radius 3 is 2.67 bits per heavy atom. The summed E-state index contributed by atoms with van der Waals surface area (Å²) in [7, 11) is 1.30. The van der Waals surface area contributed by atoms with Crippen LogP contribution in [0.15, 0.2) is 35.3 Å². The lowest BCUT2D eigenvalue weighted by Crippen LogP contribution is -2.02. The molecular formula is C14H12O4. The number of hydrogen-bond acceptors (Lipinski definition) is 4. The molecule has 92 valence electrons. The van der Waals surface area contributed by atoms with E-state index in [1.165, 1.54) is 14.0 Å². The van der Waals surface area contributed by atoms with E-state index in [4.69, 9.17) is 4.42 Å². The van der Waals surface area contributed by atoms with Crippen molar-refractivity contribution in [3.8, 4) is 0 Å². The summed E-state index contributed by atoms with van der Waals surface area (Å²) in [5.74, 6) is -0.413. The number of esters is 1. The van der Waals surface area contributed by atoms with Crippen molar-refractivity contribution in [2.45, 2.75) is 6.92 Å². The molecule has 0 radical (unpaired) electrons. The molecule has 0 aliphatic rings. The number of methoxy groups -OCH3 is 1. The van der Waals surface area contributed by atoms with Crippen molar-refractivity contribution < 1.29 is 18.7 Å². The van der Waals surface area contributed by atoms with Crippen LogP contribution in [0.2, 0.25) is 0 Å². The smallest absolute Gasteiger partial charge is 0.337 e. The van der Waals surface area contributed by atoms with Gasteiger partial charge in [0, 0.05) is 12.3 Å². The van der Waals surface area contributed by atoms with Gasteiger partial charge in [-0.05, 0) is 17.7 Å². The van der Waals surface area contributed by atoms with Gasteiger partial charge >= 0.3 is 5.97 Å². The number of carbonyl (C=O) groups excluding carboxylic acids is 2. The zero-order valence-electron chi connectivity index (χ0n) is 10.1. The first-order valence-corrected chi connectivity index (χ1v) is 5.35. The van der Waals surface area contributed by atoms with Gasteiger partial charge in [0.1, 0.15) is 5.58 Å². The Morgan fingerprint density at radius 2 is 2.06 bits per heavy atom. The molecule has 0 fully saturated rings. The van der Waals surface area contributed by atoms with Gasteiger partial charge in [-0.25, -0.2) is 4.79 Å².